The van der Waals surface area contributed by atoms with Gasteiger partial charge in [0.1, 0.15) is 0 Å². The second-order valence-corrected chi connectivity index (χ2v) is 4.75. The normalized spacial score (nSPS) is 19.6. The van der Waals surface area contributed by atoms with E-state index in [4.69, 9.17) is 9.84 Å². The van der Waals surface area contributed by atoms with Crippen molar-refractivity contribution in [2.75, 3.05) is 43.6 Å². The molecule has 0 radical (unpaired) electrons. The zero-order chi connectivity index (χ0) is 12.8. The highest BCUT2D eigenvalue weighted by Crippen LogP contribution is 2.19. The van der Waals surface area contributed by atoms with E-state index in [2.05, 4.69) is 29.6 Å². The van der Waals surface area contributed by atoms with Crippen molar-refractivity contribution < 1.29 is 9.84 Å². The summed E-state index contributed by atoms with van der Waals surface area (Å²) >= 11 is 0. The summed E-state index contributed by atoms with van der Waals surface area (Å²) in [6.07, 6.45) is 2.31. The van der Waals surface area contributed by atoms with Gasteiger partial charge in [0.15, 0.2) is 0 Å². The van der Waals surface area contributed by atoms with Crippen LogP contribution < -0.4 is 10.2 Å². The van der Waals surface area contributed by atoms with Gasteiger partial charge in [-0.05, 0) is 37.1 Å². The summed E-state index contributed by atoms with van der Waals surface area (Å²) in [5.74, 6) is 0. The van der Waals surface area contributed by atoms with E-state index in [-0.39, 0.29) is 6.61 Å². The minimum absolute atomic E-state index is 0.177. The zero-order valence-electron chi connectivity index (χ0n) is 10.9. The fourth-order valence-electron chi connectivity index (χ4n) is 2.18. The third kappa shape index (κ3) is 3.62. The van der Waals surface area contributed by atoms with Crippen LogP contribution in [0.25, 0.3) is 0 Å². The standard InChI is InChI=1S/C14H22N2O2/c1-16(8-9-17)14-6-4-12(5-7-14)15-13-3-2-10-18-11-13/h4-7,13,15,17H,2-3,8-11H2,1H3. The molecule has 2 N–H and O–H groups in total. The molecule has 0 amide bonds. The Morgan fingerprint density at radius 2 is 2.17 bits per heavy atom. The number of nitrogens with zero attached hydrogens (tertiary/aromatic N) is 1. The van der Waals surface area contributed by atoms with E-state index < -0.39 is 0 Å². The van der Waals surface area contributed by atoms with E-state index in [1.807, 2.05) is 11.9 Å². The smallest absolute Gasteiger partial charge is 0.0667 e. The summed E-state index contributed by atoms with van der Waals surface area (Å²) in [5.41, 5.74) is 2.25. The second-order valence-electron chi connectivity index (χ2n) is 4.75. The minimum Gasteiger partial charge on any atom is -0.395 e. The monoisotopic (exact) mass is 250 g/mol. The van der Waals surface area contributed by atoms with Crippen molar-refractivity contribution in [1.29, 1.82) is 0 Å². The van der Waals surface area contributed by atoms with Crippen molar-refractivity contribution in [3.05, 3.63) is 24.3 Å². The van der Waals surface area contributed by atoms with Gasteiger partial charge in [0.2, 0.25) is 0 Å². The highest BCUT2D eigenvalue weighted by atomic mass is 16.5. The molecule has 1 aromatic carbocycles. The Labute approximate surface area is 109 Å². The number of hydrogen-bond acceptors (Lipinski definition) is 4. The van der Waals surface area contributed by atoms with Crippen LogP contribution in [0.2, 0.25) is 0 Å². The lowest BCUT2D eigenvalue weighted by atomic mass is 10.1. The Hall–Kier alpha value is -1.26. The van der Waals surface area contributed by atoms with E-state index in [9.17, 15) is 0 Å². The Kier molecular flexibility index (Phi) is 4.84. The number of rotatable bonds is 5. The number of benzene rings is 1. The predicted octanol–water partition coefficient (Wildman–Crippen LogP) is 1.71. The average Bonchev–Trinajstić information content (AvgIpc) is 2.41. The summed E-state index contributed by atoms with van der Waals surface area (Å²) in [5, 5.41) is 12.4. The fraction of sp³-hybridized carbons (Fsp3) is 0.571. The topological polar surface area (TPSA) is 44.7 Å². The first-order valence-corrected chi connectivity index (χ1v) is 6.56. The van der Waals surface area contributed by atoms with E-state index in [0.29, 0.717) is 12.6 Å². The Morgan fingerprint density at radius 3 is 2.78 bits per heavy atom. The van der Waals surface area contributed by atoms with Gasteiger partial charge in [0.05, 0.1) is 13.2 Å². The van der Waals surface area contributed by atoms with Gasteiger partial charge in [-0.1, -0.05) is 0 Å². The number of likely N-dealkylation sites (N-methyl/N-ethyl adjacent to an activating group) is 1. The van der Waals surface area contributed by atoms with Crippen molar-refractivity contribution in [1.82, 2.24) is 0 Å². The van der Waals surface area contributed by atoms with Crippen molar-refractivity contribution in [3.63, 3.8) is 0 Å². The van der Waals surface area contributed by atoms with Gasteiger partial charge in [-0.3, -0.25) is 0 Å². The van der Waals surface area contributed by atoms with E-state index in [1.165, 1.54) is 6.42 Å². The first-order valence-electron chi connectivity index (χ1n) is 6.56. The maximum atomic E-state index is 8.90. The molecule has 0 aliphatic carbocycles. The molecule has 100 valence electrons. The molecule has 18 heavy (non-hydrogen) atoms. The number of anilines is 2. The lowest BCUT2D eigenvalue weighted by Gasteiger charge is -2.24. The average molecular weight is 250 g/mol. The van der Waals surface area contributed by atoms with Crippen LogP contribution in [0.4, 0.5) is 11.4 Å². The van der Waals surface area contributed by atoms with Crippen LogP contribution in [0.15, 0.2) is 24.3 Å². The molecule has 1 aliphatic rings. The van der Waals surface area contributed by atoms with Gasteiger partial charge in [-0.15, -0.1) is 0 Å². The molecule has 0 saturated carbocycles. The van der Waals surface area contributed by atoms with Crippen LogP contribution in [0.3, 0.4) is 0 Å². The molecule has 2 rings (SSSR count). The first-order chi connectivity index (χ1) is 8.79. The molecular formula is C14H22N2O2. The fourth-order valence-corrected chi connectivity index (χ4v) is 2.18. The summed E-state index contributed by atoms with van der Waals surface area (Å²) < 4.78 is 5.45. The predicted molar refractivity (Wildman–Crippen MR) is 74.3 cm³/mol. The molecule has 1 unspecified atom stereocenters. The molecule has 4 heteroatoms. The molecule has 1 aromatic rings. The van der Waals surface area contributed by atoms with Crippen molar-refractivity contribution in [2.24, 2.45) is 0 Å². The van der Waals surface area contributed by atoms with Crippen LogP contribution in [-0.2, 0) is 4.74 Å². The van der Waals surface area contributed by atoms with Crippen LogP contribution in [0, 0.1) is 0 Å². The zero-order valence-corrected chi connectivity index (χ0v) is 10.9. The van der Waals surface area contributed by atoms with E-state index >= 15 is 0 Å². The third-order valence-electron chi connectivity index (χ3n) is 3.27. The third-order valence-corrected chi connectivity index (χ3v) is 3.27. The summed E-state index contributed by atoms with van der Waals surface area (Å²) in [4.78, 5) is 2.04. The number of nitrogens with one attached hydrogen (secondary N) is 1. The second kappa shape index (κ2) is 6.61. The molecule has 4 nitrogen and oxygen atoms in total. The number of aliphatic hydroxyl groups excluding tert-OH is 1. The largest absolute Gasteiger partial charge is 0.395 e. The summed E-state index contributed by atoms with van der Waals surface area (Å²) in [7, 11) is 1.98. The highest BCUT2D eigenvalue weighted by molar-refractivity contribution is 5.55. The van der Waals surface area contributed by atoms with Crippen molar-refractivity contribution >= 4 is 11.4 Å². The molecule has 0 aromatic heterocycles. The van der Waals surface area contributed by atoms with Gasteiger partial charge in [-0.2, -0.15) is 0 Å². The molecule has 0 spiro atoms. The molecule has 0 bridgehead atoms. The van der Waals surface area contributed by atoms with E-state index in [0.717, 1.165) is 31.0 Å². The van der Waals surface area contributed by atoms with Gasteiger partial charge >= 0.3 is 0 Å². The van der Waals surface area contributed by atoms with E-state index in [1.54, 1.807) is 0 Å². The maximum absolute atomic E-state index is 8.90. The minimum atomic E-state index is 0.177. The summed E-state index contributed by atoms with van der Waals surface area (Å²) in [6, 6.07) is 8.73. The summed E-state index contributed by atoms with van der Waals surface area (Å²) in [6.45, 7) is 2.52. The molecule has 1 atom stereocenters. The molecule has 1 aliphatic heterocycles. The molecule has 1 heterocycles. The lowest BCUT2D eigenvalue weighted by Crippen LogP contribution is -2.29. The maximum Gasteiger partial charge on any atom is 0.0667 e. The van der Waals surface area contributed by atoms with Crippen molar-refractivity contribution in [2.45, 2.75) is 18.9 Å². The Bertz CT molecular complexity index is 347. The molecule has 1 saturated heterocycles. The van der Waals surface area contributed by atoms with Crippen LogP contribution in [0.1, 0.15) is 12.8 Å². The SMILES string of the molecule is CN(CCO)c1ccc(NC2CCCOC2)cc1. The number of aliphatic hydroxyl groups is 1. The number of ether oxygens (including phenoxy) is 1. The van der Waals surface area contributed by atoms with Crippen LogP contribution in [-0.4, -0.2) is 44.6 Å². The molecular weight excluding hydrogens is 228 g/mol. The van der Waals surface area contributed by atoms with Crippen LogP contribution in [0.5, 0.6) is 0 Å². The van der Waals surface area contributed by atoms with Gasteiger partial charge in [0, 0.05) is 37.6 Å². The highest BCUT2D eigenvalue weighted by Gasteiger charge is 2.13. The number of hydrogen-bond donors (Lipinski definition) is 2. The quantitative estimate of drug-likeness (QED) is 0.835. The van der Waals surface area contributed by atoms with Gasteiger partial charge in [-0.25, -0.2) is 0 Å². The first kappa shape index (κ1) is 13.2. The van der Waals surface area contributed by atoms with Gasteiger partial charge < -0.3 is 20.1 Å². The van der Waals surface area contributed by atoms with Crippen molar-refractivity contribution in [3.8, 4) is 0 Å². The lowest BCUT2D eigenvalue weighted by molar-refractivity contribution is 0.0876. The Morgan fingerprint density at radius 1 is 1.39 bits per heavy atom. The Balaban J connectivity index is 1.90. The van der Waals surface area contributed by atoms with Crippen LogP contribution >= 0.6 is 0 Å². The molecule has 1 fully saturated rings. The van der Waals surface area contributed by atoms with Gasteiger partial charge in [0.25, 0.3) is 0 Å².